The van der Waals surface area contributed by atoms with Gasteiger partial charge in [0, 0.05) is 32.0 Å². The molecule has 2 rings (SSSR count). The Morgan fingerprint density at radius 3 is 2.57 bits per heavy atom. The smallest absolute Gasteiger partial charge is 0.251 e. The number of H-pyrrole nitrogens is 1. The highest BCUT2D eigenvalue weighted by molar-refractivity contribution is 5.94. The van der Waals surface area contributed by atoms with E-state index in [1.165, 1.54) is 13.3 Å². The molecule has 21 heavy (non-hydrogen) atoms. The third-order valence-corrected chi connectivity index (χ3v) is 2.87. The number of hydrogen-bond donors (Lipinski definition) is 3. The van der Waals surface area contributed by atoms with Crippen LogP contribution in [0.4, 0.5) is 0 Å². The molecule has 0 radical (unpaired) electrons. The number of carbonyl (C=O) groups excluding carboxylic acids is 2. The second-order valence-corrected chi connectivity index (χ2v) is 4.54. The van der Waals surface area contributed by atoms with E-state index >= 15 is 0 Å². The van der Waals surface area contributed by atoms with Crippen LogP contribution in [-0.2, 0) is 17.8 Å². The van der Waals surface area contributed by atoms with E-state index in [0.717, 1.165) is 11.4 Å². The summed E-state index contributed by atoms with van der Waals surface area (Å²) in [5.74, 6) is 0.519. The van der Waals surface area contributed by atoms with Gasteiger partial charge in [0.15, 0.2) is 0 Å². The zero-order valence-electron chi connectivity index (χ0n) is 11.7. The normalized spacial score (nSPS) is 10.1. The molecular weight excluding hydrogens is 270 g/mol. The van der Waals surface area contributed by atoms with Crippen molar-refractivity contribution in [2.24, 2.45) is 0 Å². The molecule has 0 aliphatic heterocycles. The number of nitrogens with zero attached hydrogens (tertiary/aromatic N) is 2. The molecule has 0 spiro atoms. The molecule has 1 aromatic heterocycles. The molecule has 0 saturated carbocycles. The summed E-state index contributed by atoms with van der Waals surface area (Å²) in [5.41, 5.74) is 1.53. The van der Waals surface area contributed by atoms with Crippen molar-refractivity contribution in [1.29, 1.82) is 0 Å². The minimum atomic E-state index is -0.138. The van der Waals surface area contributed by atoms with E-state index < -0.39 is 0 Å². The summed E-state index contributed by atoms with van der Waals surface area (Å²) in [6, 6.07) is 7.12. The summed E-state index contributed by atoms with van der Waals surface area (Å²) in [6.07, 6.45) is 2.04. The van der Waals surface area contributed by atoms with Crippen LogP contribution in [0.5, 0.6) is 0 Å². The number of benzene rings is 1. The Morgan fingerprint density at radius 2 is 1.95 bits per heavy atom. The van der Waals surface area contributed by atoms with E-state index in [0.29, 0.717) is 25.1 Å². The molecule has 0 aliphatic rings. The number of amides is 2. The molecule has 2 aromatic rings. The molecule has 0 atom stereocenters. The summed E-state index contributed by atoms with van der Waals surface area (Å²) in [7, 11) is 0. The van der Waals surface area contributed by atoms with Crippen LogP contribution in [0.15, 0.2) is 30.6 Å². The van der Waals surface area contributed by atoms with Gasteiger partial charge in [-0.05, 0) is 17.7 Å². The Kier molecular flexibility index (Phi) is 5.03. The molecule has 0 unspecified atom stereocenters. The maximum Gasteiger partial charge on any atom is 0.251 e. The maximum atomic E-state index is 11.9. The van der Waals surface area contributed by atoms with Crippen molar-refractivity contribution in [2.75, 3.05) is 6.54 Å². The molecule has 0 fully saturated rings. The highest BCUT2D eigenvalue weighted by Crippen LogP contribution is 2.04. The fraction of sp³-hybridized carbons (Fsp3) is 0.286. The van der Waals surface area contributed by atoms with Gasteiger partial charge in [0.2, 0.25) is 5.91 Å². The minimum absolute atomic E-state index is 0.0794. The van der Waals surface area contributed by atoms with E-state index in [2.05, 4.69) is 25.8 Å². The molecule has 0 aliphatic carbocycles. The second kappa shape index (κ2) is 7.18. The van der Waals surface area contributed by atoms with Crippen LogP contribution in [0, 0.1) is 0 Å². The predicted octanol–water partition coefficient (Wildman–Crippen LogP) is 0.413. The van der Waals surface area contributed by atoms with Gasteiger partial charge >= 0.3 is 0 Å². The fourth-order valence-electron chi connectivity index (χ4n) is 1.75. The average Bonchev–Trinajstić information content (AvgIpc) is 2.99. The third-order valence-electron chi connectivity index (χ3n) is 2.87. The van der Waals surface area contributed by atoms with Gasteiger partial charge in [-0.2, -0.15) is 5.10 Å². The molecule has 2 amide bonds. The first-order valence-electron chi connectivity index (χ1n) is 6.61. The van der Waals surface area contributed by atoms with Gasteiger partial charge in [0.05, 0.1) is 0 Å². The predicted molar refractivity (Wildman–Crippen MR) is 76.4 cm³/mol. The Morgan fingerprint density at radius 1 is 1.19 bits per heavy atom. The van der Waals surface area contributed by atoms with Crippen LogP contribution < -0.4 is 10.6 Å². The molecule has 110 valence electrons. The van der Waals surface area contributed by atoms with E-state index in [-0.39, 0.29) is 11.8 Å². The summed E-state index contributed by atoms with van der Waals surface area (Å²) >= 11 is 0. The molecular formula is C14H17N5O2. The lowest BCUT2D eigenvalue weighted by molar-refractivity contribution is -0.119. The van der Waals surface area contributed by atoms with Gasteiger partial charge in [-0.15, -0.1) is 0 Å². The van der Waals surface area contributed by atoms with Crippen LogP contribution >= 0.6 is 0 Å². The Bertz CT molecular complexity index is 592. The number of nitrogens with one attached hydrogen (secondary N) is 3. The van der Waals surface area contributed by atoms with Gasteiger partial charge in [-0.25, -0.2) is 4.98 Å². The first-order valence-corrected chi connectivity index (χ1v) is 6.61. The van der Waals surface area contributed by atoms with Gasteiger partial charge in [-0.3, -0.25) is 14.7 Å². The minimum Gasteiger partial charge on any atom is -0.352 e. The van der Waals surface area contributed by atoms with Crippen LogP contribution in [0.2, 0.25) is 0 Å². The van der Waals surface area contributed by atoms with E-state index in [1.54, 1.807) is 12.1 Å². The molecule has 7 heteroatoms. The monoisotopic (exact) mass is 287 g/mol. The first-order chi connectivity index (χ1) is 10.1. The quantitative estimate of drug-likeness (QED) is 0.716. The summed E-state index contributed by atoms with van der Waals surface area (Å²) in [6.45, 7) is 2.42. The Labute approximate surface area is 122 Å². The second-order valence-electron chi connectivity index (χ2n) is 4.54. The van der Waals surface area contributed by atoms with Gasteiger partial charge in [0.1, 0.15) is 12.2 Å². The van der Waals surface area contributed by atoms with Crippen molar-refractivity contribution in [3.05, 3.63) is 47.5 Å². The largest absolute Gasteiger partial charge is 0.352 e. The number of rotatable bonds is 6. The number of hydrogen-bond acceptors (Lipinski definition) is 4. The van der Waals surface area contributed by atoms with Crippen molar-refractivity contribution >= 4 is 11.8 Å². The zero-order chi connectivity index (χ0) is 15.1. The third kappa shape index (κ3) is 4.72. The zero-order valence-corrected chi connectivity index (χ0v) is 11.7. The van der Waals surface area contributed by atoms with Gasteiger partial charge in [-0.1, -0.05) is 12.1 Å². The Balaban J connectivity index is 1.80. The maximum absolute atomic E-state index is 11.9. The topological polar surface area (TPSA) is 99.8 Å². The number of aromatic amines is 1. The summed E-state index contributed by atoms with van der Waals surface area (Å²) < 4.78 is 0. The molecule has 0 bridgehead atoms. The van der Waals surface area contributed by atoms with Gasteiger partial charge < -0.3 is 10.6 Å². The standard InChI is InChI=1S/C14H17N5O2/c1-10(20)16-8-11-2-4-12(5-3-11)14(21)15-7-6-13-17-9-18-19-13/h2-5,9H,6-8H2,1H3,(H,15,21)(H,16,20)(H,17,18,19). The number of carbonyl (C=O) groups is 2. The van der Waals surface area contributed by atoms with Crippen LogP contribution in [0.25, 0.3) is 0 Å². The van der Waals surface area contributed by atoms with E-state index in [9.17, 15) is 9.59 Å². The lowest BCUT2D eigenvalue weighted by atomic mass is 10.1. The Hall–Kier alpha value is -2.70. The van der Waals surface area contributed by atoms with Crippen molar-refractivity contribution < 1.29 is 9.59 Å². The lowest BCUT2D eigenvalue weighted by Crippen LogP contribution is -2.26. The molecule has 1 heterocycles. The van der Waals surface area contributed by atoms with Crippen LogP contribution in [0.1, 0.15) is 28.7 Å². The fourth-order valence-corrected chi connectivity index (χ4v) is 1.75. The van der Waals surface area contributed by atoms with Crippen LogP contribution in [0.3, 0.4) is 0 Å². The van der Waals surface area contributed by atoms with Crippen LogP contribution in [-0.4, -0.2) is 33.5 Å². The number of aromatic nitrogens is 3. The SMILES string of the molecule is CC(=O)NCc1ccc(C(=O)NCCc2ncn[nH]2)cc1. The van der Waals surface area contributed by atoms with Crippen molar-refractivity contribution in [2.45, 2.75) is 19.9 Å². The summed E-state index contributed by atoms with van der Waals surface area (Å²) in [4.78, 5) is 26.7. The molecule has 0 saturated heterocycles. The van der Waals surface area contributed by atoms with Crippen molar-refractivity contribution in [3.63, 3.8) is 0 Å². The average molecular weight is 287 g/mol. The first kappa shape index (κ1) is 14.7. The van der Waals surface area contributed by atoms with Crippen molar-refractivity contribution in [3.8, 4) is 0 Å². The van der Waals surface area contributed by atoms with Crippen molar-refractivity contribution in [1.82, 2.24) is 25.8 Å². The molecule has 7 nitrogen and oxygen atoms in total. The van der Waals surface area contributed by atoms with E-state index in [4.69, 9.17) is 0 Å². The van der Waals surface area contributed by atoms with Gasteiger partial charge in [0.25, 0.3) is 5.91 Å². The highest BCUT2D eigenvalue weighted by atomic mass is 16.2. The lowest BCUT2D eigenvalue weighted by Gasteiger charge is -2.06. The van der Waals surface area contributed by atoms with E-state index in [1.807, 2.05) is 12.1 Å². The summed E-state index contributed by atoms with van der Waals surface area (Å²) in [5, 5.41) is 12.0. The molecule has 1 aromatic carbocycles. The highest BCUT2D eigenvalue weighted by Gasteiger charge is 2.05. The molecule has 3 N–H and O–H groups in total.